The van der Waals surface area contributed by atoms with Crippen LogP contribution in [0, 0.1) is 11.3 Å². The Balaban J connectivity index is 2.35. The van der Waals surface area contributed by atoms with Crippen LogP contribution in [0.15, 0.2) is 53.4 Å². The molecule has 0 N–H and O–H groups in total. The number of hydrogen-bond acceptors (Lipinski definition) is 3. The molecule has 2 nitrogen and oxygen atoms in total. The van der Waals surface area contributed by atoms with E-state index in [0.29, 0.717) is 0 Å². The summed E-state index contributed by atoms with van der Waals surface area (Å²) in [6.07, 6.45) is 2.01. The van der Waals surface area contributed by atoms with E-state index in [-0.39, 0.29) is 0 Å². The highest BCUT2D eigenvalue weighted by Gasteiger charge is 2.13. The molecule has 0 spiro atoms. The Hall–Kier alpha value is -1.92. The lowest BCUT2D eigenvalue weighted by molar-refractivity contribution is 0.828. The van der Waals surface area contributed by atoms with E-state index in [4.69, 9.17) is 0 Å². The van der Waals surface area contributed by atoms with E-state index in [2.05, 4.69) is 30.0 Å². The number of benzene rings is 2. The Kier molecular flexibility index (Phi) is 5.09. The maximum Gasteiger partial charge on any atom is 0.103 e. The van der Waals surface area contributed by atoms with Crippen LogP contribution in [0.2, 0.25) is 0 Å². The molecule has 0 radical (unpaired) electrons. The SMILES string of the molecule is CCN(Cc1ccccc1)c1cccc(SC)c1C#N. The predicted octanol–water partition coefficient (Wildman–Crippen LogP) is 4.31. The Morgan fingerprint density at radius 3 is 2.45 bits per heavy atom. The van der Waals surface area contributed by atoms with E-state index >= 15 is 0 Å². The van der Waals surface area contributed by atoms with Gasteiger partial charge in [0.25, 0.3) is 0 Å². The van der Waals surface area contributed by atoms with Crippen molar-refractivity contribution in [2.24, 2.45) is 0 Å². The molecule has 0 aliphatic carbocycles. The first-order valence-electron chi connectivity index (χ1n) is 6.66. The normalized spacial score (nSPS) is 10.1. The fourth-order valence-electron chi connectivity index (χ4n) is 2.24. The molecule has 2 aromatic rings. The summed E-state index contributed by atoms with van der Waals surface area (Å²) >= 11 is 1.62. The lowest BCUT2D eigenvalue weighted by Crippen LogP contribution is -2.23. The van der Waals surface area contributed by atoms with Gasteiger partial charge >= 0.3 is 0 Å². The molecule has 0 saturated carbocycles. The highest BCUT2D eigenvalue weighted by atomic mass is 32.2. The minimum Gasteiger partial charge on any atom is -0.366 e. The summed E-state index contributed by atoms with van der Waals surface area (Å²) in [5, 5.41) is 9.45. The van der Waals surface area contributed by atoms with Gasteiger partial charge in [-0.05, 0) is 30.9 Å². The summed E-state index contributed by atoms with van der Waals surface area (Å²) < 4.78 is 0. The summed E-state index contributed by atoms with van der Waals surface area (Å²) in [6, 6.07) is 18.8. The number of nitrogens with zero attached hydrogens (tertiary/aromatic N) is 2. The van der Waals surface area contributed by atoms with Gasteiger partial charge in [0, 0.05) is 18.0 Å². The van der Waals surface area contributed by atoms with E-state index in [0.717, 1.165) is 29.2 Å². The lowest BCUT2D eigenvalue weighted by atomic mass is 10.1. The van der Waals surface area contributed by atoms with E-state index in [9.17, 15) is 5.26 Å². The number of hydrogen-bond donors (Lipinski definition) is 0. The van der Waals surface area contributed by atoms with Crippen LogP contribution in [0.5, 0.6) is 0 Å². The molecule has 0 heterocycles. The van der Waals surface area contributed by atoms with Gasteiger partial charge in [-0.1, -0.05) is 36.4 Å². The van der Waals surface area contributed by atoms with Crippen molar-refractivity contribution in [3.05, 3.63) is 59.7 Å². The van der Waals surface area contributed by atoms with Crippen molar-refractivity contribution >= 4 is 17.4 Å². The van der Waals surface area contributed by atoms with Gasteiger partial charge in [0.1, 0.15) is 6.07 Å². The molecule has 3 heteroatoms. The first kappa shape index (κ1) is 14.5. The second kappa shape index (κ2) is 7.02. The third-order valence-electron chi connectivity index (χ3n) is 3.27. The zero-order chi connectivity index (χ0) is 14.4. The maximum absolute atomic E-state index is 9.45. The molecule has 0 amide bonds. The monoisotopic (exact) mass is 282 g/mol. The number of nitriles is 1. The van der Waals surface area contributed by atoms with Crippen molar-refractivity contribution in [1.29, 1.82) is 5.26 Å². The van der Waals surface area contributed by atoms with Crippen LogP contribution in [-0.2, 0) is 6.54 Å². The molecule has 2 rings (SSSR count). The van der Waals surface area contributed by atoms with Crippen LogP contribution in [0.3, 0.4) is 0 Å². The molecule has 20 heavy (non-hydrogen) atoms. The molecule has 102 valence electrons. The lowest BCUT2D eigenvalue weighted by Gasteiger charge is -2.25. The van der Waals surface area contributed by atoms with Gasteiger partial charge in [-0.25, -0.2) is 0 Å². The molecule has 0 fully saturated rings. The van der Waals surface area contributed by atoms with Crippen LogP contribution in [-0.4, -0.2) is 12.8 Å². The first-order chi connectivity index (χ1) is 9.80. The summed E-state index contributed by atoms with van der Waals surface area (Å²) in [5.74, 6) is 0. The predicted molar refractivity (Wildman–Crippen MR) is 86.1 cm³/mol. The van der Waals surface area contributed by atoms with Crippen LogP contribution >= 0.6 is 11.8 Å². The van der Waals surface area contributed by atoms with Crippen LogP contribution in [0.4, 0.5) is 5.69 Å². The van der Waals surface area contributed by atoms with Crippen molar-refractivity contribution in [2.45, 2.75) is 18.4 Å². The van der Waals surface area contributed by atoms with Gasteiger partial charge in [-0.15, -0.1) is 11.8 Å². The average Bonchev–Trinajstić information content (AvgIpc) is 2.52. The molecule has 0 unspecified atom stereocenters. The Labute approximate surface area is 125 Å². The fourth-order valence-corrected chi connectivity index (χ4v) is 2.81. The Morgan fingerprint density at radius 2 is 1.85 bits per heavy atom. The summed E-state index contributed by atoms with van der Waals surface area (Å²) in [4.78, 5) is 3.28. The fraction of sp³-hybridized carbons (Fsp3) is 0.235. The number of rotatable bonds is 5. The van der Waals surface area contributed by atoms with Gasteiger partial charge in [0.05, 0.1) is 11.3 Å². The third kappa shape index (κ3) is 3.15. The molecular weight excluding hydrogens is 264 g/mol. The summed E-state index contributed by atoms with van der Waals surface area (Å²) in [5.41, 5.74) is 3.05. The molecular formula is C17H18N2S. The van der Waals surface area contributed by atoms with Gasteiger partial charge < -0.3 is 4.90 Å². The molecule has 2 aromatic carbocycles. The molecule has 0 saturated heterocycles. The molecule has 0 aliphatic rings. The van der Waals surface area contributed by atoms with Crippen molar-refractivity contribution in [3.63, 3.8) is 0 Å². The van der Waals surface area contributed by atoms with Crippen LogP contribution in [0.1, 0.15) is 18.1 Å². The van der Waals surface area contributed by atoms with Crippen molar-refractivity contribution in [1.82, 2.24) is 0 Å². The molecule has 0 aliphatic heterocycles. The average molecular weight is 282 g/mol. The molecule has 0 atom stereocenters. The largest absolute Gasteiger partial charge is 0.366 e. The van der Waals surface area contributed by atoms with Crippen molar-refractivity contribution in [3.8, 4) is 6.07 Å². The van der Waals surface area contributed by atoms with Crippen molar-refractivity contribution in [2.75, 3.05) is 17.7 Å². The minimum atomic E-state index is 0.776. The maximum atomic E-state index is 9.45. The number of anilines is 1. The second-order valence-corrected chi connectivity index (χ2v) is 5.31. The molecule has 0 aromatic heterocycles. The van der Waals surface area contributed by atoms with E-state index in [1.807, 2.05) is 42.7 Å². The zero-order valence-corrected chi connectivity index (χ0v) is 12.7. The van der Waals surface area contributed by atoms with Crippen LogP contribution < -0.4 is 4.90 Å². The van der Waals surface area contributed by atoms with E-state index in [1.54, 1.807) is 11.8 Å². The highest BCUT2D eigenvalue weighted by molar-refractivity contribution is 7.98. The van der Waals surface area contributed by atoms with Crippen molar-refractivity contribution < 1.29 is 0 Å². The summed E-state index contributed by atoms with van der Waals surface area (Å²) in [7, 11) is 0. The van der Waals surface area contributed by atoms with Gasteiger partial charge in [-0.2, -0.15) is 5.26 Å². The highest BCUT2D eigenvalue weighted by Crippen LogP contribution is 2.29. The van der Waals surface area contributed by atoms with Crippen LogP contribution in [0.25, 0.3) is 0 Å². The van der Waals surface area contributed by atoms with Gasteiger partial charge in [-0.3, -0.25) is 0 Å². The summed E-state index contributed by atoms with van der Waals surface area (Å²) in [6.45, 7) is 3.82. The first-order valence-corrected chi connectivity index (χ1v) is 7.88. The van der Waals surface area contributed by atoms with Gasteiger partial charge in [0.15, 0.2) is 0 Å². The minimum absolute atomic E-state index is 0.776. The topological polar surface area (TPSA) is 27.0 Å². The van der Waals surface area contributed by atoms with E-state index in [1.165, 1.54) is 5.56 Å². The smallest absolute Gasteiger partial charge is 0.103 e. The Morgan fingerprint density at radius 1 is 1.10 bits per heavy atom. The zero-order valence-electron chi connectivity index (χ0n) is 11.8. The van der Waals surface area contributed by atoms with Gasteiger partial charge in [0.2, 0.25) is 0 Å². The third-order valence-corrected chi connectivity index (χ3v) is 4.05. The Bertz CT molecular complexity index is 602. The standard InChI is InChI=1S/C17H18N2S/c1-3-19(13-14-8-5-4-6-9-14)16-10-7-11-17(20-2)15(16)12-18/h4-11H,3,13H2,1-2H3. The quantitative estimate of drug-likeness (QED) is 0.765. The van der Waals surface area contributed by atoms with E-state index < -0.39 is 0 Å². The molecule has 0 bridgehead atoms. The second-order valence-electron chi connectivity index (χ2n) is 4.47. The number of thioether (sulfide) groups is 1.